The molecule has 0 bridgehead atoms. The quantitative estimate of drug-likeness (QED) is 0.850. The third-order valence-corrected chi connectivity index (χ3v) is 3.04. The Morgan fingerprint density at radius 2 is 1.81 bits per heavy atom. The van der Waals surface area contributed by atoms with Gasteiger partial charge in [0.25, 0.3) is 5.91 Å². The lowest BCUT2D eigenvalue weighted by Crippen LogP contribution is -2.16. The third kappa shape index (κ3) is 3.20. The second-order valence-electron chi connectivity index (χ2n) is 4.49. The van der Waals surface area contributed by atoms with Gasteiger partial charge < -0.3 is 15.2 Å². The largest absolute Gasteiger partial charge is 0.508 e. The number of anilines is 1. The summed E-state index contributed by atoms with van der Waals surface area (Å²) >= 11 is 0. The van der Waals surface area contributed by atoms with E-state index in [-0.39, 0.29) is 17.2 Å². The van der Waals surface area contributed by atoms with Crippen molar-refractivity contribution in [2.75, 3.05) is 12.4 Å². The van der Waals surface area contributed by atoms with E-state index in [4.69, 9.17) is 0 Å². The summed E-state index contributed by atoms with van der Waals surface area (Å²) in [5.41, 5.74) is 1.72. The zero-order valence-electron chi connectivity index (χ0n) is 11.7. The van der Waals surface area contributed by atoms with Crippen LogP contribution in [-0.4, -0.2) is 24.1 Å². The van der Waals surface area contributed by atoms with Crippen LogP contribution in [0.5, 0.6) is 5.75 Å². The molecule has 5 nitrogen and oxygen atoms in total. The van der Waals surface area contributed by atoms with E-state index in [0.717, 1.165) is 0 Å². The number of nitrogens with one attached hydrogen (secondary N) is 1. The third-order valence-electron chi connectivity index (χ3n) is 3.04. The highest BCUT2D eigenvalue weighted by molar-refractivity contribution is 6.08. The molecule has 0 radical (unpaired) electrons. The number of aryl methyl sites for hydroxylation is 1. The smallest absolute Gasteiger partial charge is 0.339 e. The number of carbonyl (C=O) groups excluding carboxylic acids is 2. The molecule has 0 aliphatic carbocycles. The first-order chi connectivity index (χ1) is 10.0. The number of amides is 1. The van der Waals surface area contributed by atoms with E-state index in [1.54, 1.807) is 31.2 Å². The van der Waals surface area contributed by atoms with Gasteiger partial charge in [0.05, 0.1) is 18.4 Å². The van der Waals surface area contributed by atoms with Gasteiger partial charge in [-0.2, -0.15) is 0 Å². The average molecular weight is 285 g/mol. The molecule has 0 heterocycles. The van der Waals surface area contributed by atoms with Crippen LogP contribution in [0.4, 0.5) is 5.69 Å². The van der Waals surface area contributed by atoms with E-state index >= 15 is 0 Å². The highest BCUT2D eigenvalue weighted by atomic mass is 16.5. The summed E-state index contributed by atoms with van der Waals surface area (Å²) in [6.45, 7) is 1.72. The predicted molar refractivity (Wildman–Crippen MR) is 78.6 cm³/mol. The van der Waals surface area contributed by atoms with Gasteiger partial charge in [-0.25, -0.2) is 4.79 Å². The Hall–Kier alpha value is -2.82. The molecule has 0 saturated heterocycles. The van der Waals surface area contributed by atoms with Crippen LogP contribution in [0.1, 0.15) is 26.3 Å². The molecular weight excluding hydrogens is 270 g/mol. The fourth-order valence-electron chi connectivity index (χ4n) is 1.97. The fraction of sp³-hybridized carbons (Fsp3) is 0.125. The second-order valence-corrected chi connectivity index (χ2v) is 4.49. The van der Waals surface area contributed by atoms with Crippen LogP contribution in [0.25, 0.3) is 0 Å². The van der Waals surface area contributed by atoms with Gasteiger partial charge >= 0.3 is 5.97 Å². The van der Waals surface area contributed by atoms with Crippen molar-refractivity contribution in [3.05, 3.63) is 59.2 Å². The van der Waals surface area contributed by atoms with Crippen LogP contribution in [0.2, 0.25) is 0 Å². The van der Waals surface area contributed by atoms with E-state index in [0.29, 0.717) is 16.8 Å². The van der Waals surface area contributed by atoms with Gasteiger partial charge in [0.1, 0.15) is 5.75 Å². The summed E-state index contributed by atoms with van der Waals surface area (Å²) in [7, 11) is 1.28. The Morgan fingerprint density at radius 1 is 1.10 bits per heavy atom. The second kappa shape index (κ2) is 6.09. The van der Waals surface area contributed by atoms with Crippen molar-refractivity contribution in [2.24, 2.45) is 0 Å². The molecule has 21 heavy (non-hydrogen) atoms. The van der Waals surface area contributed by atoms with Gasteiger partial charge in [0.15, 0.2) is 0 Å². The number of methoxy groups -OCH3 is 1. The minimum Gasteiger partial charge on any atom is -0.508 e. The summed E-state index contributed by atoms with van der Waals surface area (Å²) in [5, 5.41) is 12.0. The molecule has 0 fully saturated rings. The maximum atomic E-state index is 12.3. The van der Waals surface area contributed by atoms with Crippen molar-refractivity contribution in [3.8, 4) is 5.75 Å². The minimum atomic E-state index is -0.520. The van der Waals surface area contributed by atoms with Gasteiger partial charge in [-0.3, -0.25) is 4.79 Å². The van der Waals surface area contributed by atoms with Crippen LogP contribution in [0, 0.1) is 6.92 Å². The molecule has 2 aromatic rings. The van der Waals surface area contributed by atoms with E-state index in [1.165, 1.54) is 25.3 Å². The summed E-state index contributed by atoms with van der Waals surface area (Å²) in [5.74, 6) is -0.781. The Morgan fingerprint density at radius 3 is 2.48 bits per heavy atom. The average Bonchev–Trinajstić information content (AvgIpc) is 2.46. The normalized spacial score (nSPS) is 10.0. The number of esters is 1. The van der Waals surface area contributed by atoms with Crippen LogP contribution in [0.3, 0.4) is 0 Å². The molecule has 0 aliphatic heterocycles. The van der Waals surface area contributed by atoms with Gasteiger partial charge in [-0.15, -0.1) is 0 Å². The molecular formula is C16H15NO4. The molecule has 108 valence electrons. The molecule has 2 N–H and O–H groups in total. The number of ether oxygens (including phenoxy) is 1. The molecule has 0 unspecified atom stereocenters. The van der Waals surface area contributed by atoms with Gasteiger partial charge in [0, 0.05) is 5.56 Å². The first-order valence-electron chi connectivity index (χ1n) is 6.31. The van der Waals surface area contributed by atoms with Crippen LogP contribution >= 0.6 is 0 Å². The van der Waals surface area contributed by atoms with E-state index in [1.807, 2.05) is 0 Å². The Labute approximate surface area is 122 Å². The number of phenols is 1. The van der Waals surface area contributed by atoms with Crippen LogP contribution in [-0.2, 0) is 4.74 Å². The van der Waals surface area contributed by atoms with Crippen LogP contribution < -0.4 is 5.32 Å². The highest BCUT2D eigenvalue weighted by Crippen LogP contribution is 2.20. The Balaban J connectivity index is 2.30. The molecule has 5 heteroatoms. The minimum absolute atomic E-state index is 0.0963. The first kappa shape index (κ1) is 14.6. The molecule has 0 aliphatic rings. The zero-order valence-corrected chi connectivity index (χ0v) is 11.7. The van der Waals surface area contributed by atoms with Gasteiger partial charge in [-0.1, -0.05) is 12.1 Å². The highest BCUT2D eigenvalue weighted by Gasteiger charge is 2.15. The number of carbonyl (C=O) groups is 2. The summed E-state index contributed by atoms with van der Waals surface area (Å²) in [6.07, 6.45) is 0. The number of hydrogen-bond acceptors (Lipinski definition) is 4. The number of hydrogen-bond donors (Lipinski definition) is 2. The number of aromatic hydroxyl groups is 1. The van der Waals surface area contributed by atoms with Gasteiger partial charge in [-0.05, 0) is 42.8 Å². The Kier molecular flexibility index (Phi) is 4.23. The maximum Gasteiger partial charge on any atom is 0.339 e. The van der Waals surface area contributed by atoms with E-state index in [9.17, 15) is 14.7 Å². The number of benzene rings is 2. The standard InChI is InChI=1S/C16H15NO4/c1-10-9-11(18)7-8-12(10)15(19)17-14-6-4-3-5-13(14)16(20)21-2/h3-9,18H,1-2H3,(H,17,19). The van der Waals surface area contributed by atoms with E-state index in [2.05, 4.69) is 10.1 Å². The lowest BCUT2D eigenvalue weighted by Gasteiger charge is -2.11. The Bertz CT molecular complexity index is 694. The number of para-hydroxylation sites is 1. The van der Waals surface area contributed by atoms with Crippen molar-refractivity contribution in [1.29, 1.82) is 0 Å². The zero-order chi connectivity index (χ0) is 15.4. The maximum absolute atomic E-state index is 12.3. The summed E-state index contributed by atoms with van der Waals surface area (Å²) in [6, 6.07) is 11.1. The van der Waals surface area contributed by atoms with Crippen molar-refractivity contribution in [3.63, 3.8) is 0 Å². The molecule has 2 rings (SSSR count). The lowest BCUT2D eigenvalue weighted by molar-refractivity contribution is 0.0602. The lowest BCUT2D eigenvalue weighted by atomic mass is 10.1. The summed E-state index contributed by atoms with van der Waals surface area (Å²) < 4.78 is 4.68. The topological polar surface area (TPSA) is 75.6 Å². The monoisotopic (exact) mass is 285 g/mol. The van der Waals surface area contributed by atoms with Crippen molar-refractivity contribution >= 4 is 17.6 Å². The predicted octanol–water partition coefficient (Wildman–Crippen LogP) is 2.74. The molecule has 0 spiro atoms. The fourth-order valence-corrected chi connectivity index (χ4v) is 1.97. The molecule has 1 amide bonds. The van der Waals surface area contributed by atoms with Gasteiger partial charge in [0.2, 0.25) is 0 Å². The molecule has 0 atom stereocenters. The SMILES string of the molecule is COC(=O)c1ccccc1NC(=O)c1ccc(O)cc1C. The van der Waals surface area contributed by atoms with Crippen molar-refractivity contribution in [1.82, 2.24) is 0 Å². The van der Waals surface area contributed by atoms with Crippen molar-refractivity contribution < 1.29 is 19.4 Å². The molecule has 0 saturated carbocycles. The number of phenolic OH excluding ortho intramolecular Hbond substituents is 1. The first-order valence-corrected chi connectivity index (χ1v) is 6.31. The van der Waals surface area contributed by atoms with Crippen molar-refractivity contribution in [2.45, 2.75) is 6.92 Å². The van der Waals surface area contributed by atoms with Crippen LogP contribution in [0.15, 0.2) is 42.5 Å². The molecule has 0 aromatic heterocycles. The number of rotatable bonds is 3. The summed E-state index contributed by atoms with van der Waals surface area (Å²) in [4.78, 5) is 23.9. The van der Waals surface area contributed by atoms with E-state index < -0.39 is 5.97 Å². The molecule has 2 aromatic carbocycles.